The highest BCUT2D eigenvalue weighted by Crippen LogP contribution is 2.19. The minimum atomic E-state index is -0.225. The molecule has 2 heteroatoms. The van der Waals surface area contributed by atoms with Crippen LogP contribution < -0.4 is 0 Å². The first-order valence-electron chi connectivity index (χ1n) is 6.18. The van der Waals surface area contributed by atoms with Gasteiger partial charge in [-0.15, -0.1) is 0 Å². The van der Waals surface area contributed by atoms with Gasteiger partial charge in [0.1, 0.15) is 0 Å². The maximum absolute atomic E-state index is 11.0. The summed E-state index contributed by atoms with van der Waals surface area (Å²) in [5.74, 6) is -0.225. The Kier molecular flexibility index (Phi) is 4.51. The lowest BCUT2D eigenvalue weighted by molar-refractivity contribution is -0.139. The van der Waals surface area contributed by atoms with Crippen LogP contribution in [0.4, 0.5) is 0 Å². The van der Waals surface area contributed by atoms with Crippen molar-refractivity contribution < 1.29 is 9.53 Å². The van der Waals surface area contributed by atoms with E-state index in [0.29, 0.717) is 6.42 Å². The van der Waals surface area contributed by atoms with Gasteiger partial charge in [0.15, 0.2) is 0 Å². The number of hydrogen-bond acceptors (Lipinski definition) is 2. The van der Waals surface area contributed by atoms with Gasteiger partial charge in [0, 0.05) is 0 Å². The van der Waals surface area contributed by atoms with Gasteiger partial charge in [-0.05, 0) is 16.7 Å². The smallest absolute Gasteiger partial charge is 0.309 e. The molecule has 0 atom stereocenters. The third-order valence-electron chi connectivity index (χ3n) is 2.84. The fourth-order valence-electron chi connectivity index (χ4n) is 1.79. The highest BCUT2D eigenvalue weighted by atomic mass is 16.5. The van der Waals surface area contributed by atoms with Gasteiger partial charge >= 0.3 is 5.97 Å². The molecule has 0 aliphatic rings. The van der Waals surface area contributed by atoms with E-state index in [2.05, 4.69) is 29.0 Å². The van der Waals surface area contributed by atoms with E-state index in [-0.39, 0.29) is 5.97 Å². The van der Waals surface area contributed by atoms with Crippen molar-refractivity contribution in [2.45, 2.75) is 6.42 Å². The zero-order chi connectivity index (χ0) is 13.5. The third-order valence-corrected chi connectivity index (χ3v) is 2.84. The highest BCUT2D eigenvalue weighted by Gasteiger charge is 1.96. The number of ether oxygens (including phenoxy) is 1. The largest absolute Gasteiger partial charge is 0.469 e. The summed E-state index contributed by atoms with van der Waals surface area (Å²) in [4.78, 5) is 11.0. The molecule has 0 heterocycles. The van der Waals surface area contributed by atoms with E-state index in [1.54, 1.807) is 0 Å². The van der Waals surface area contributed by atoms with E-state index in [1.165, 1.54) is 18.2 Å². The van der Waals surface area contributed by atoms with E-state index in [0.717, 1.165) is 5.56 Å². The Hall–Kier alpha value is -2.35. The second-order valence-corrected chi connectivity index (χ2v) is 4.17. The summed E-state index contributed by atoms with van der Waals surface area (Å²) in [5.41, 5.74) is 3.46. The lowest BCUT2D eigenvalue weighted by Crippen LogP contribution is -1.96. The maximum Gasteiger partial charge on any atom is 0.309 e. The van der Waals surface area contributed by atoms with E-state index in [4.69, 9.17) is 0 Å². The van der Waals surface area contributed by atoms with Crippen LogP contribution in [0.5, 0.6) is 0 Å². The molecule has 0 spiro atoms. The first-order chi connectivity index (χ1) is 9.29. The molecule has 2 nitrogen and oxygen atoms in total. The number of benzene rings is 2. The van der Waals surface area contributed by atoms with E-state index >= 15 is 0 Å². The average Bonchev–Trinajstić information content (AvgIpc) is 2.48. The second-order valence-electron chi connectivity index (χ2n) is 4.17. The molecule has 0 aromatic heterocycles. The molecule has 2 aromatic rings. The van der Waals surface area contributed by atoms with Crippen molar-refractivity contribution in [1.82, 2.24) is 0 Å². The van der Waals surface area contributed by atoms with E-state index < -0.39 is 0 Å². The first kappa shape index (κ1) is 13.1. The Morgan fingerprint density at radius 1 is 1.00 bits per heavy atom. The Balaban J connectivity index is 2.05. The average molecular weight is 252 g/mol. The predicted octanol–water partition coefficient (Wildman–Crippen LogP) is 3.93. The molecule has 0 N–H and O–H groups in total. The quantitative estimate of drug-likeness (QED) is 0.771. The van der Waals surface area contributed by atoms with Crippen molar-refractivity contribution in [1.29, 1.82) is 0 Å². The Bertz CT molecular complexity index is 554. The van der Waals surface area contributed by atoms with Gasteiger partial charge < -0.3 is 4.74 Å². The minimum absolute atomic E-state index is 0.225. The standard InChI is InChI=1S/C17H16O2/c1-19-17(18)9-5-6-14-10-12-16(13-11-14)15-7-3-2-4-8-15/h2-8,10-13H,9H2,1H3/b6-5+. The summed E-state index contributed by atoms with van der Waals surface area (Å²) < 4.78 is 4.57. The molecule has 0 fully saturated rings. The van der Waals surface area contributed by atoms with Crippen LogP contribution in [0.25, 0.3) is 17.2 Å². The zero-order valence-corrected chi connectivity index (χ0v) is 10.9. The summed E-state index contributed by atoms with van der Waals surface area (Å²) in [6, 6.07) is 18.5. The minimum Gasteiger partial charge on any atom is -0.469 e. The summed E-state index contributed by atoms with van der Waals surface area (Å²) in [6.45, 7) is 0. The van der Waals surface area contributed by atoms with Crippen molar-refractivity contribution >= 4 is 12.0 Å². The van der Waals surface area contributed by atoms with E-state index in [9.17, 15) is 4.79 Å². The number of carbonyl (C=O) groups excluding carboxylic acids is 1. The van der Waals surface area contributed by atoms with Crippen LogP contribution in [0.2, 0.25) is 0 Å². The normalized spacial score (nSPS) is 10.6. The van der Waals surface area contributed by atoms with Crippen LogP contribution in [0.15, 0.2) is 60.7 Å². The van der Waals surface area contributed by atoms with Gasteiger partial charge in [-0.2, -0.15) is 0 Å². The zero-order valence-electron chi connectivity index (χ0n) is 10.9. The SMILES string of the molecule is COC(=O)C/C=C/c1ccc(-c2ccccc2)cc1. The topological polar surface area (TPSA) is 26.3 Å². The number of hydrogen-bond donors (Lipinski definition) is 0. The fraction of sp³-hybridized carbons (Fsp3) is 0.118. The van der Waals surface area contributed by atoms with Crippen molar-refractivity contribution in [2.75, 3.05) is 7.11 Å². The third kappa shape index (κ3) is 3.81. The van der Waals surface area contributed by atoms with Crippen LogP contribution in [-0.4, -0.2) is 13.1 Å². The van der Waals surface area contributed by atoms with Crippen LogP contribution in [0.1, 0.15) is 12.0 Å². The van der Waals surface area contributed by atoms with Crippen LogP contribution in [0, 0.1) is 0 Å². The van der Waals surface area contributed by atoms with Gasteiger partial charge in [0.05, 0.1) is 13.5 Å². The maximum atomic E-state index is 11.0. The predicted molar refractivity (Wildman–Crippen MR) is 77.5 cm³/mol. The Morgan fingerprint density at radius 2 is 1.63 bits per heavy atom. The molecular formula is C17H16O2. The van der Waals surface area contributed by atoms with Crippen molar-refractivity contribution in [3.63, 3.8) is 0 Å². The van der Waals surface area contributed by atoms with Crippen LogP contribution in [-0.2, 0) is 9.53 Å². The number of carbonyl (C=O) groups is 1. The molecule has 0 unspecified atom stereocenters. The van der Waals surface area contributed by atoms with Gasteiger partial charge in [-0.3, -0.25) is 4.79 Å². The molecule has 96 valence electrons. The Morgan fingerprint density at radius 3 is 2.26 bits per heavy atom. The number of rotatable bonds is 4. The number of methoxy groups -OCH3 is 1. The lowest BCUT2D eigenvalue weighted by atomic mass is 10.0. The van der Waals surface area contributed by atoms with Gasteiger partial charge in [-0.1, -0.05) is 66.7 Å². The van der Waals surface area contributed by atoms with Crippen molar-refractivity contribution in [3.05, 3.63) is 66.2 Å². The molecule has 2 aromatic carbocycles. The van der Waals surface area contributed by atoms with Crippen molar-refractivity contribution in [3.8, 4) is 11.1 Å². The van der Waals surface area contributed by atoms with Gasteiger partial charge in [0.25, 0.3) is 0 Å². The van der Waals surface area contributed by atoms with Crippen molar-refractivity contribution in [2.24, 2.45) is 0 Å². The molecule has 19 heavy (non-hydrogen) atoms. The molecular weight excluding hydrogens is 236 g/mol. The summed E-state index contributed by atoms with van der Waals surface area (Å²) in [5, 5.41) is 0. The second kappa shape index (κ2) is 6.55. The first-order valence-corrected chi connectivity index (χ1v) is 6.18. The van der Waals surface area contributed by atoms with Gasteiger partial charge in [0.2, 0.25) is 0 Å². The Labute approximate surface area is 113 Å². The summed E-state index contributed by atoms with van der Waals surface area (Å²) in [7, 11) is 1.39. The fourth-order valence-corrected chi connectivity index (χ4v) is 1.79. The molecule has 0 aliphatic carbocycles. The molecule has 0 bridgehead atoms. The summed E-state index contributed by atoms with van der Waals surface area (Å²) in [6.07, 6.45) is 4.03. The molecule has 0 amide bonds. The molecule has 2 rings (SSSR count). The highest BCUT2D eigenvalue weighted by molar-refractivity contribution is 5.72. The number of esters is 1. The van der Waals surface area contributed by atoms with Crippen LogP contribution >= 0.6 is 0 Å². The molecule has 0 radical (unpaired) electrons. The van der Waals surface area contributed by atoms with Crippen LogP contribution in [0.3, 0.4) is 0 Å². The monoisotopic (exact) mass is 252 g/mol. The lowest BCUT2D eigenvalue weighted by Gasteiger charge is -2.01. The van der Waals surface area contributed by atoms with E-state index in [1.807, 2.05) is 42.5 Å². The molecule has 0 saturated heterocycles. The van der Waals surface area contributed by atoms with Gasteiger partial charge in [-0.25, -0.2) is 0 Å². The molecule has 0 saturated carbocycles. The molecule has 0 aliphatic heterocycles. The summed E-state index contributed by atoms with van der Waals surface area (Å²) >= 11 is 0.